The summed E-state index contributed by atoms with van der Waals surface area (Å²) in [7, 11) is 1.61. The Kier molecular flexibility index (Phi) is 5.28. The molecule has 1 aliphatic rings. The van der Waals surface area contributed by atoms with Gasteiger partial charge in [-0.3, -0.25) is 4.79 Å². The van der Waals surface area contributed by atoms with Gasteiger partial charge in [-0.05, 0) is 61.6 Å². The summed E-state index contributed by atoms with van der Waals surface area (Å²) < 4.78 is 19.4. The van der Waals surface area contributed by atoms with E-state index in [1.54, 1.807) is 18.1 Å². The third kappa shape index (κ3) is 4.13. The molecule has 3 nitrogen and oxygen atoms in total. The maximum atomic E-state index is 14.2. The van der Waals surface area contributed by atoms with Gasteiger partial charge in [-0.1, -0.05) is 23.7 Å². The van der Waals surface area contributed by atoms with E-state index < -0.39 is 5.82 Å². The van der Waals surface area contributed by atoms with Crippen LogP contribution in [0.3, 0.4) is 0 Å². The standard InChI is InChI=1S/C20H21ClFNO2/c1-13(15-5-6-15)23(12-14-3-8-17(25-2)9-4-14)20(24)18-10-7-16(21)11-19(18)22/h3-4,7-11,13,15H,5-6,12H2,1-2H3. The molecular formula is C20H21ClFNO2. The second kappa shape index (κ2) is 7.44. The predicted octanol–water partition coefficient (Wildman–Crippen LogP) is 4.93. The molecule has 0 radical (unpaired) electrons. The van der Waals surface area contributed by atoms with E-state index in [9.17, 15) is 9.18 Å². The van der Waals surface area contributed by atoms with Crippen LogP contribution in [-0.2, 0) is 6.54 Å². The van der Waals surface area contributed by atoms with E-state index in [1.165, 1.54) is 12.1 Å². The van der Waals surface area contributed by atoms with Crippen LogP contribution in [0.2, 0.25) is 5.02 Å². The molecule has 3 rings (SSSR count). The van der Waals surface area contributed by atoms with Crippen LogP contribution in [0.1, 0.15) is 35.7 Å². The van der Waals surface area contributed by atoms with Crippen LogP contribution < -0.4 is 4.74 Å². The minimum Gasteiger partial charge on any atom is -0.497 e. The molecule has 0 heterocycles. The Labute approximate surface area is 152 Å². The minimum absolute atomic E-state index is 0.0599. The van der Waals surface area contributed by atoms with Gasteiger partial charge in [0.2, 0.25) is 0 Å². The fraction of sp³-hybridized carbons (Fsp3) is 0.350. The highest BCUT2D eigenvalue weighted by Crippen LogP contribution is 2.36. The van der Waals surface area contributed by atoms with E-state index >= 15 is 0 Å². The van der Waals surface area contributed by atoms with Gasteiger partial charge in [0.25, 0.3) is 5.91 Å². The first-order chi connectivity index (χ1) is 12.0. The summed E-state index contributed by atoms with van der Waals surface area (Å²) in [6.45, 7) is 2.47. The van der Waals surface area contributed by atoms with Crippen LogP contribution in [0.5, 0.6) is 5.75 Å². The Morgan fingerprint density at radius 3 is 2.52 bits per heavy atom. The van der Waals surface area contributed by atoms with E-state index in [4.69, 9.17) is 16.3 Å². The van der Waals surface area contributed by atoms with Gasteiger partial charge in [-0.25, -0.2) is 4.39 Å². The van der Waals surface area contributed by atoms with Crippen LogP contribution in [0.4, 0.5) is 4.39 Å². The Bertz CT molecular complexity index is 759. The predicted molar refractivity (Wildman–Crippen MR) is 96.5 cm³/mol. The number of rotatable bonds is 6. The molecule has 0 bridgehead atoms. The van der Waals surface area contributed by atoms with Gasteiger partial charge in [0.05, 0.1) is 12.7 Å². The molecule has 1 atom stereocenters. The second-order valence-electron chi connectivity index (χ2n) is 6.48. The number of amides is 1. The molecule has 0 saturated heterocycles. The molecule has 0 N–H and O–H groups in total. The molecule has 5 heteroatoms. The van der Waals surface area contributed by atoms with E-state index in [1.807, 2.05) is 31.2 Å². The van der Waals surface area contributed by atoms with Crippen LogP contribution in [-0.4, -0.2) is 24.0 Å². The van der Waals surface area contributed by atoms with E-state index in [2.05, 4.69) is 0 Å². The Morgan fingerprint density at radius 1 is 1.28 bits per heavy atom. The minimum atomic E-state index is -0.583. The molecule has 0 spiro atoms. The van der Waals surface area contributed by atoms with Gasteiger partial charge in [-0.15, -0.1) is 0 Å². The zero-order valence-corrected chi connectivity index (χ0v) is 15.1. The highest BCUT2D eigenvalue weighted by molar-refractivity contribution is 6.30. The SMILES string of the molecule is COc1ccc(CN(C(=O)c2ccc(Cl)cc2F)C(C)C2CC2)cc1. The van der Waals surface area contributed by atoms with Gasteiger partial charge in [0.15, 0.2) is 0 Å². The van der Waals surface area contributed by atoms with E-state index in [-0.39, 0.29) is 22.5 Å². The number of hydrogen-bond acceptors (Lipinski definition) is 2. The van der Waals surface area contributed by atoms with Crippen molar-refractivity contribution in [1.29, 1.82) is 0 Å². The van der Waals surface area contributed by atoms with Gasteiger partial charge >= 0.3 is 0 Å². The number of hydrogen-bond donors (Lipinski definition) is 0. The number of ether oxygens (including phenoxy) is 1. The maximum absolute atomic E-state index is 14.2. The molecule has 1 unspecified atom stereocenters. The lowest BCUT2D eigenvalue weighted by atomic mass is 10.1. The second-order valence-corrected chi connectivity index (χ2v) is 6.92. The Balaban J connectivity index is 1.86. The number of benzene rings is 2. The van der Waals surface area contributed by atoms with Crippen LogP contribution >= 0.6 is 11.6 Å². The monoisotopic (exact) mass is 361 g/mol. The van der Waals surface area contributed by atoms with Crippen molar-refractivity contribution in [3.8, 4) is 5.75 Å². The third-order valence-electron chi connectivity index (χ3n) is 4.73. The lowest BCUT2D eigenvalue weighted by Crippen LogP contribution is -2.39. The topological polar surface area (TPSA) is 29.5 Å². The fourth-order valence-electron chi connectivity index (χ4n) is 2.98. The Morgan fingerprint density at radius 2 is 1.96 bits per heavy atom. The maximum Gasteiger partial charge on any atom is 0.257 e. The molecule has 1 saturated carbocycles. The summed E-state index contributed by atoms with van der Waals surface area (Å²) in [4.78, 5) is 14.8. The number of methoxy groups -OCH3 is 1. The largest absolute Gasteiger partial charge is 0.497 e. The first-order valence-corrected chi connectivity index (χ1v) is 8.76. The van der Waals surface area contributed by atoms with Crippen molar-refractivity contribution in [2.45, 2.75) is 32.4 Å². The summed E-state index contributed by atoms with van der Waals surface area (Å²) in [5, 5.41) is 0.283. The summed E-state index contributed by atoms with van der Waals surface area (Å²) >= 11 is 5.81. The third-order valence-corrected chi connectivity index (χ3v) is 4.97. The quantitative estimate of drug-likeness (QED) is 0.730. The first-order valence-electron chi connectivity index (χ1n) is 8.38. The molecule has 0 aromatic heterocycles. The smallest absolute Gasteiger partial charge is 0.257 e. The molecule has 1 fully saturated rings. The van der Waals surface area contributed by atoms with Crippen molar-refractivity contribution < 1.29 is 13.9 Å². The van der Waals surface area contributed by atoms with E-state index in [0.717, 1.165) is 24.2 Å². The van der Waals surface area contributed by atoms with Crippen LogP contribution in [0, 0.1) is 11.7 Å². The number of carbonyl (C=O) groups is 1. The average molecular weight is 362 g/mol. The van der Waals surface area contributed by atoms with Crippen molar-refractivity contribution in [1.82, 2.24) is 4.90 Å². The Hall–Kier alpha value is -2.07. The van der Waals surface area contributed by atoms with Crippen molar-refractivity contribution >= 4 is 17.5 Å². The molecule has 2 aromatic rings. The normalized spacial score (nSPS) is 14.9. The lowest BCUT2D eigenvalue weighted by molar-refractivity contribution is 0.0649. The number of nitrogens with zero attached hydrogens (tertiary/aromatic N) is 1. The fourth-order valence-corrected chi connectivity index (χ4v) is 3.14. The van der Waals surface area contributed by atoms with Gasteiger partial charge < -0.3 is 9.64 Å². The zero-order valence-electron chi connectivity index (χ0n) is 14.3. The van der Waals surface area contributed by atoms with Crippen molar-refractivity contribution in [2.24, 2.45) is 5.92 Å². The summed E-state index contributed by atoms with van der Waals surface area (Å²) in [6, 6.07) is 11.8. The molecule has 0 aliphatic heterocycles. The highest BCUT2D eigenvalue weighted by atomic mass is 35.5. The van der Waals surface area contributed by atoms with Crippen molar-refractivity contribution in [3.63, 3.8) is 0 Å². The van der Waals surface area contributed by atoms with Crippen LogP contribution in [0.25, 0.3) is 0 Å². The molecule has 2 aromatic carbocycles. The first kappa shape index (κ1) is 17.7. The number of halogens is 2. The molecule has 1 amide bonds. The molecular weight excluding hydrogens is 341 g/mol. The van der Waals surface area contributed by atoms with Crippen LogP contribution in [0.15, 0.2) is 42.5 Å². The highest BCUT2D eigenvalue weighted by Gasteiger charge is 2.35. The summed E-state index contributed by atoms with van der Waals surface area (Å²) in [5.74, 6) is 0.364. The van der Waals surface area contributed by atoms with Crippen molar-refractivity contribution in [3.05, 3.63) is 64.4 Å². The number of carbonyl (C=O) groups excluding carboxylic acids is 1. The molecule has 132 valence electrons. The zero-order chi connectivity index (χ0) is 18.0. The lowest BCUT2D eigenvalue weighted by Gasteiger charge is -2.30. The average Bonchev–Trinajstić information content (AvgIpc) is 3.44. The summed E-state index contributed by atoms with van der Waals surface area (Å²) in [5.41, 5.74) is 1.04. The van der Waals surface area contributed by atoms with Crippen molar-refractivity contribution in [2.75, 3.05) is 7.11 Å². The van der Waals surface area contributed by atoms with Gasteiger partial charge in [-0.2, -0.15) is 0 Å². The molecule has 25 heavy (non-hydrogen) atoms. The molecule has 1 aliphatic carbocycles. The van der Waals surface area contributed by atoms with Gasteiger partial charge in [0, 0.05) is 17.6 Å². The van der Waals surface area contributed by atoms with Gasteiger partial charge in [0.1, 0.15) is 11.6 Å². The van der Waals surface area contributed by atoms with E-state index in [0.29, 0.717) is 12.5 Å². The summed E-state index contributed by atoms with van der Waals surface area (Å²) in [6.07, 6.45) is 2.22.